The molecule has 0 bridgehead atoms. The molecule has 2 heterocycles. The summed E-state index contributed by atoms with van der Waals surface area (Å²) in [5, 5.41) is 4.46. The second kappa shape index (κ2) is 8.49. The smallest absolute Gasteiger partial charge is 0.222 e. The minimum Gasteiger partial charge on any atom is -0.340 e. The summed E-state index contributed by atoms with van der Waals surface area (Å²) in [6, 6.07) is 10.8. The van der Waals surface area contributed by atoms with Gasteiger partial charge in [0.15, 0.2) is 0 Å². The molecule has 140 valence electrons. The first-order chi connectivity index (χ1) is 12.5. The maximum Gasteiger partial charge on any atom is 0.222 e. The normalized spacial score (nSPS) is 15.4. The third-order valence-corrected chi connectivity index (χ3v) is 5.08. The quantitative estimate of drug-likeness (QED) is 0.801. The highest BCUT2D eigenvalue weighted by molar-refractivity contribution is 5.76. The van der Waals surface area contributed by atoms with Gasteiger partial charge in [0, 0.05) is 51.4 Å². The van der Waals surface area contributed by atoms with Crippen molar-refractivity contribution in [3.63, 3.8) is 0 Å². The van der Waals surface area contributed by atoms with Crippen molar-refractivity contribution in [2.45, 2.75) is 46.7 Å². The predicted octanol–water partition coefficient (Wildman–Crippen LogP) is 2.93. The zero-order valence-corrected chi connectivity index (χ0v) is 16.2. The molecule has 26 heavy (non-hydrogen) atoms. The fourth-order valence-corrected chi connectivity index (χ4v) is 3.66. The number of nitrogens with zero attached hydrogens (tertiary/aromatic N) is 4. The Balaban J connectivity index is 1.40. The first-order valence-electron chi connectivity index (χ1n) is 9.58. The van der Waals surface area contributed by atoms with Crippen LogP contribution >= 0.6 is 0 Å². The molecular weight excluding hydrogens is 324 g/mol. The minimum atomic E-state index is 0.279. The zero-order valence-electron chi connectivity index (χ0n) is 16.2. The third kappa shape index (κ3) is 4.94. The fourth-order valence-electron chi connectivity index (χ4n) is 3.66. The summed E-state index contributed by atoms with van der Waals surface area (Å²) >= 11 is 0. The SMILES string of the molecule is Cc1cccc(CN2CCN(C(=O)CCCn3nc(C)cc3C)CC2)c1. The molecule has 5 heteroatoms. The van der Waals surface area contributed by atoms with E-state index in [1.807, 2.05) is 16.5 Å². The van der Waals surface area contributed by atoms with E-state index in [2.05, 4.69) is 54.2 Å². The van der Waals surface area contributed by atoms with Gasteiger partial charge in [-0.05, 0) is 38.8 Å². The van der Waals surface area contributed by atoms with E-state index in [9.17, 15) is 4.79 Å². The van der Waals surface area contributed by atoms with Crippen LogP contribution in [0.3, 0.4) is 0 Å². The number of benzene rings is 1. The average molecular weight is 354 g/mol. The number of rotatable bonds is 6. The zero-order chi connectivity index (χ0) is 18.5. The monoisotopic (exact) mass is 354 g/mol. The van der Waals surface area contributed by atoms with E-state index in [1.165, 1.54) is 16.8 Å². The van der Waals surface area contributed by atoms with Crippen molar-refractivity contribution in [3.8, 4) is 0 Å². The van der Waals surface area contributed by atoms with Crippen LogP contribution in [0.25, 0.3) is 0 Å². The van der Waals surface area contributed by atoms with Gasteiger partial charge in [0.25, 0.3) is 0 Å². The predicted molar refractivity (Wildman–Crippen MR) is 104 cm³/mol. The molecule has 1 aromatic heterocycles. The number of carbonyl (C=O) groups is 1. The van der Waals surface area contributed by atoms with Gasteiger partial charge in [-0.2, -0.15) is 5.10 Å². The lowest BCUT2D eigenvalue weighted by atomic mass is 10.1. The van der Waals surface area contributed by atoms with E-state index < -0.39 is 0 Å². The van der Waals surface area contributed by atoms with Crippen molar-refractivity contribution in [2.24, 2.45) is 0 Å². The van der Waals surface area contributed by atoms with Gasteiger partial charge in [-0.15, -0.1) is 0 Å². The van der Waals surface area contributed by atoms with Crippen LogP contribution in [-0.2, 0) is 17.9 Å². The van der Waals surface area contributed by atoms with Crippen LogP contribution in [0.4, 0.5) is 0 Å². The summed E-state index contributed by atoms with van der Waals surface area (Å²) in [6.07, 6.45) is 1.46. The van der Waals surface area contributed by atoms with Gasteiger partial charge in [-0.3, -0.25) is 14.4 Å². The Morgan fingerprint density at radius 3 is 2.50 bits per heavy atom. The second-order valence-electron chi connectivity index (χ2n) is 7.40. The molecule has 0 aliphatic carbocycles. The topological polar surface area (TPSA) is 41.4 Å². The van der Waals surface area contributed by atoms with E-state index in [4.69, 9.17) is 0 Å². The molecular formula is C21H30N4O. The summed E-state index contributed by atoms with van der Waals surface area (Å²) < 4.78 is 2.00. The molecule has 0 N–H and O–H groups in total. The maximum atomic E-state index is 12.5. The van der Waals surface area contributed by atoms with Gasteiger partial charge in [0.1, 0.15) is 0 Å². The van der Waals surface area contributed by atoms with Crippen molar-refractivity contribution < 1.29 is 4.79 Å². The van der Waals surface area contributed by atoms with Gasteiger partial charge in [0.2, 0.25) is 5.91 Å². The molecule has 0 saturated carbocycles. The van der Waals surface area contributed by atoms with Gasteiger partial charge < -0.3 is 4.90 Å². The molecule has 2 aromatic rings. The maximum absolute atomic E-state index is 12.5. The van der Waals surface area contributed by atoms with Crippen molar-refractivity contribution in [3.05, 3.63) is 52.8 Å². The Labute approximate surface area is 156 Å². The van der Waals surface area contributed by atoms with E-state index in [0.29, 0.717) is 6.42 Å². The first-order valence-corrected chi connectivity index (χ1v) is 9.58. The van der Waals surface area contributed by atoms with E-state index in [1.54, 1.807) is 0 Å². The molecule has 0 spiro atoms. The summed E-state index contributed by atoms with van der Waals surface area (Å²) in [7, 11) is 0. The van der Waals surface area contributed by atoms with E-state index in [0.717, 1.165) is 51.4 Å². The second-order valence-corrected chi connectivity index (χ2v) is 7.40. The van der Waals surface area contributed by atoms with Crippen LogP contribution in [0.5, 0.6) is 0 Å². The Morgan fingerprint density at radius 1 is 1.08 bits per heavy atom. The van der Waals surface area contributed by atoms with Gasteiger partial charge in [0.05, 0.1) is 5.69 Å². The summed E-state index contributed by atoms with van der Waals surface area (Å²) in [5.74, 6) is 0.279. The average Bonchev–Trinajstić information content (AvgIpc) is 2.93. The standard InChI is InChI=1S/C21H30N4O/c1-17-6-4-7-20(14-17)16-23-10-12-24(13-11-23)21(26)8-5-9-25-19(3)15-18(2)22-25/h4,6-7,14-15H,5,8-13,16H2,1-3H3. The number of hydrogen-bond donors (Lipinski definition) is 0. The molecule has 0 radical (unpaired) electrons. The molecule has 1 fully saturated rings. The highest BCUT2D eigenvalue weighted by Gasteiger charge is 2.20. The number of hydrogen-bond acceptors (Lipinski definition) is 3. The lowest BCUT2D eigenvalue weighted by Crippen LogP contribution is -2.48. The lowest BCUT2D eigenvalue weighted by molar-refractivity contribution is -0.133. The summed E-state index contributed by atoms with van der Waals surface area (Å²) in [4.78, 5) is 16.9. The van der Waals surface area contributed by atoms with Crippen LogP contribution in [0, 0.1) is 20.8 Å². The van der Waals surface area contributed by atoms with Crippen molar-refractivity contribution in [2.75, 3.05) is 26.2 Å². The van der Waals surface area contributed by atoms with Crippen LogP contribution in [0.15, 0.2) is 30.3 Å². The Bertz CT molecular complexity index is 744. The van der Waals surface area contributed by atoms with Crippen molar-refractivity contribution in [1.82, 2.24) is 19.6 Å². The molecule has 1 aromatic carbocycles. The molecule has 3 rings (SSSR count). The number of aryl methyl sites for hydroxylation is 4. The minimum absolute atomic E-state index is 0.279. The van der Waals surface area contributed by atoms with E-state index in [-0.39, 0.29) is 5.91 Å². The van der Waals surface area contributed by atoms with Gasteiger partial charge in [-0.25, -0.2) is 0 Å². The fraction of sp³-hybridized carbons (Fsp3) is 0.524. The molecule has 1 aliphatic heterocycles. The number of aromatic nitrogens is 2. The Hall–Kier alpha value is -2.14. The molecule has 1 amide bonds. The Morgan fingerprint density at radius 2 is 1.85 bits per heavy atom. The number of amides is 1. The van der Waals surface area contributed by atoms with E-state index >= 15 is 0 Å². The van der Waals surface area contributed by atoms with Crippen LogP contribution < -0.4 is 0 Å². The summed E-state index contributed by atoms with van der Waals surface area (Å²) in [6.45, 7) is 11.6. The molecule has 1 aliphatic rings. The number of piperazine rings is 1. The van der Waals surface area contributed by atoms with Crippen LogP contribution in [-0.4, -0.2) is 51.7 Å². The molecule has 5 nitrogen and oxygen atoms in total. The molecule has 0 unspecified atom stereocenters. The van der Waals surface area contributed by atoms with Gasteiger partial charge in [-0.1, -0.05) is 29.8 Å². The largest absolute Gasteiger partial charge is 0.340 e. The van der Waals surface area contributed by atoms with Gasteiger partial charge >= 0.3 is 0 Å². The third-order valence-electron chi connectivity index (χ3n) is 5.08. The highest BCUT2D eigenvalue weighted by atomic mass is 16.2. The number of carbonyl (C=O) groups excluding carboxylic acids is 1. The van der Waals surface area contributed by atoms with Crippen LogP contribution in [0.1, 0.15) is 35.4 Å². The first kappa shape index (κ1) is 18.6. The van der Waals surface area contributed by atoms with Crippen molar-refractivity contribution in [1.29, 1.82) is 0 Å². The molecule has 1 saturated heterocycles. The van der Waals surface area contributed by atoms with Crippen LogP contribution in [0.2, 0.25) is 0 Å². The molecule has 0 atom stereocenters. The highest BCUT2D eigenvalue weighted by Crippen LogP contribution is 2.12. The Kier molecular flexibility index (Phi) is 6.09. The van der Waals surface area contributed by atoms with Crippen molar-refractivity contribution >= 4 is 5.91 Å². The summed E-state index contributed by atoms with van der Waals surface area (Å²) in [5.41, 5.74) is 4.87. The lowest BCUT2D eigenvalue weighted by Gasteiger charge is -2.35.